The summed E-state index contributed by atoms with van der Waals surface area (Å²) in [6.07, 6.45) is 3.21. The van der Waals surface area contributed by atoms with Crippen molar-refractivity contribution in [3.05, 3.63) is 29.8 Å². The Bertz CT molecular complexity index is 324. The highest BCUT2D eigenvalue weighted by Crippen LogP contribution is 2.15. The van der Waals surface area contributed by atoms with Gasteiger partial charge in [0.2, 0.25) is 0 Å². The van der Waals surface area contributed by atoms with Crippen molar-refractivity contribution >= 4 is 17.7 Å². The van der Waals surface area contributed by atoms with E-state index in [9.17, 15) is 4.79 Å². The number of benzene rings is 1. The van der Waals surface area contributed by atoms with Crippen molar-refractivity contribution < 1.29 is 9.90 Å². The highest BCUT2D eigenvalue weighted by atomic mass is 32.2. The van der Waals surface area contributed by atoms with E-state index in [1.54, 1.807) is 11.8 Å². The molecule has 1 aromatic rings. The number of aliphatic carboxylic acids is 1. The molecule has 1 aromatic carbocycles. The monoisotopic (exact) mass is 225 g/mol. The Morgan fingerprint density at radius 2 is 2.07 bits per heavy atom. The van der Waals surface area contributed by atoms with Gasteiger partial charge in [0, 0.05) is 4.90 Å². The Balaban J connectivity index is 2.47. The molecule has 0 heterocycles. The molecule has 0 aliphatic rings. The van der Waals surface area contributed by atoms with Crippen LogP contribution in [-0.4, -0.2) is 23.4 Å². The Kier molecular flexibility index (Phi) is 4.65. The maximum atomic E-state index is 10.5. The summed E-state index contributed by atoms with van der Waals surface area (Å²) in [7, 11) is 0. The lowest BCUT2D eigenvalue weighted by molar-refractivity contribution is -0.138. The van der Waals surface area contributed by atoms with Gasteiger partial charge in [-0.2, -0.15) is 0 Å². The summed E-state index contributed by atoms with van der Waals surface area (Å²) < 4.78 is 0. The number of rotatable bonds is 5. The first-order chi connectivity index (χ1) is 7.13. The number of carbonyl (C=O) groups is 1. The van der Waals surface area contributed by atoms with Gasteiger partial charge in [-0.1, -0.05) is 12.1 Å². The van der Waals surface area contributed by atoms with Gasteiger partial charge in [0.1, 0.15) is 6.04 Å². The molecule has 3 N–H and O–H groups in total. The molecule has 0 aliphatic heterocycles. The molecule has 0 fully saturated rings. The molecule has 0 spiro atoms. The van der Waals surface area contributed by atoms with Crippen molar-refractivity contribution in [2.24, 2.45) is 5.73 Å². The molecule has 3 nitrogen and oxygen atoms in total. The van der Waals surface area contributed by atoms with Crippen LogP contribution in [0.5, 0.6) is 0 Å². The van der Waals surface area contributed by atoms with Crippen molar-refractivity contribution in [1.82, 2.24) is 0 Å². The Labute approximate surface area is 93.7 Å². The number of hydrogen-bond acceptors (Lipinski definition) is 3. The Morgan fingerprint density at radius 3 is 2.53 bits per heavy atom. The van der Waals surface area contributed by atoms with E-state index in [4.69, 9.17) is 10.8 Å². The third kappa shape index (κ3) is 3.93. The van der Waals surface area contributed by atoms with Crippen LogP contribution in [0, 0.1) is 0 Å². The van der Waals surface area contributed by atoms with Crippen molar-refractivity contribution in [2.45, 2.75) is 23.8 Å². The van der Waals surface area contributed by atoms with Crippen molar-refractivity contribution in [2.75, 3.05) is 6.26 Å². The topological polar surface area (TPSA) is 63.3 Å². The molecular formula is C11H15NO2S. The first-order valence-electron chi connectivity index (χ1n) is 4.75. The van der Waals surface area contributed by atoms with E-state index >= 15 is 0 Å². The van der Waals surface area contributed by atoms with Crippen molar-refractivity contribution in [1.29, 1.82) is 0 Å². The average molecular weight is 225 g/mol. The van der Waals surface area contributed by atoms with E-state index in [1.807, 2.05) is 30.5 Å². The van der Waals surface area contributed by atoms with Crippen LogP contribution in [0.2, 0.25) is 0 Å². The summed E-state index contributed by atoms with van der Waals surface area (Å²) in [4.78, 5) is 11.7. The SMILES string of the molecule is CSc1ccc(CCC(N)C(=O)O)cc1. The van der Waals surface area contributed by atoms with Crippen LogP contribution in [0.4, 0.5) is 0 Å². The number of carboxylic acid groups (broad SMARTS) is 1. The van der Waals surface area contributed by atoms with Gasteiger partial charge >= 0.3 is 5.97 Å². The van der Waals surface area contributed by atoms with Gasteiger partial charge in [-0.25, -0.2) is 0 Å². The zero-order valence-corrected chi connectivity index (χ0v) is 9.46. The minimum absolute atomic E-state index is 0.480. The second kappa shape index (κ2) is 5.78. The zero-order valence-electron chi connectivity index (χ0n) is 8.64. The van der Waals surface area contributed by atoms with E-state index in [1.165, 1.54) is 4.90 Å². The van der Waals surface area contributed by atoms with Crippen LogP contribution in [0.1, 0.15) is 12.0 Å². The summed E-state index contributed by atoms with van der Waals surface area (Å²) in [6, 6.07) is 7.34. The quantitative estimate of drug-likeness (QED) is 0.749. The van der Waals surface area contributed by atoms with E-state index in [0.29, 0.717) is 12.8 Å². The summed E-state index contributed by atoms with van der Waals surface area (Å²) in [5, 5.41) is 8.61. The molecule has 82 valence electrons. The fourth-order valence-corrected chi connectivity index (χ4v) is 1.65. The minimum atomic E-state index is -0.935. The first kappa shape index (κ1) is 12.1. The maximum absolute atomic E-state index is 10.5. The van der Waals surface area contributed by atoms with Crippen LogP contribution in [0.25, 0.3) is 0 Å². The van der Waals surface area contributed by atoms with Gasteiger partial charge in [-0.05, 0) is 36.8 Å². The standard InChI is InChI=1S/C11H15NO2S/c1-15-9-5-2-8(3-6-9)4-7-10(12)11(13)14/h2-3,5-6,10H,4,7,12H2,1H3,(H,13,14). The smallest absolute Gasteiger partial charge is 0.320 e. The number of carboxylic acids is 1. The second-order valence-corrected chi connectivity index (χ2v) is 4.21. The molecule has 0 bridgehead atoms. The molecule has 1 rings (SSSR count). The predicted octanol–water partition coefficient (Wildman–Crippen LogP) is 1.75. The lowest BCUT2D eigenvalue weighted by atomic mass is 10.1. The Hall–Kier alpha value is -1.00. The number of nitrogens with two attached hydrogens (primary N) is 1. The first-order valence-corrected chi connectivity index (χ1v) is 5.97. The third-order valence-corrected chi connectivity index (χ3v) is 2.96. The predicted molar refractivity (Wildman–Crippen MR) is 62.2 cm³/mol. The minimum Gasteiger partial charge on any atom is -0.480 e. The zero-order chi connectivity index (χ0) is 11.3. The lowest BCUT2D eigenvalue weighted by Gasteiger charge is -2.06. The number of aryl methyl sites for hydroxylation is 1. The Morgan fingerprint density at radius 1 is 1.47 bits per heavy atom. The van der Waals surface area contributed by atoms with Crippen LogP contribution < -0.4 is 5.73 Å². The molecule has 0 amide bonds. The van der Waals surface area contributed by atoms with Crippen molar-refractivity contribution in [3.8, 4) is 0 Å². The van der Waals surface area contributed by atoms with Crippen LogP contribution in [-0.2, 0) is 11.2 Å². The highest BCUT2D eigenvalue weighted by molar-refractivity contribution is 7.98. The van der Waals surface area contributed by atoms with Crippen LogP contribution in [0.15, 0.2) is 29.2 Å². The van der Waals surface area contributed by atoms with Crippen LogP contribution >= 0.6 is 11.8 Å². The number of thioether (sulfide) groups is 1. The summed E-state index contributed by atoms with van der Waals surface area (Å²) in [5.41, 5.74) is 6.55. The average Bonchev–Trinajstić information content (AvgIpc) is 2.26. The fraction of sp³-hybridized carbons (Fsp3) is 0.364. The lowest BCUT2D eigenvalue weighted by Crippen LogP contribution is -2.30. The molecule has 0 aromatic heterocycles. The highest BCUT2D eigenvalue weighted by Gasteiger charge is 2.10. The molecule has 15 heavy (non-hydrogen) atoms. The van der Waals surface area contributed by atoms with Gasteiger partial charge in [0.25, 0.3) is 0 Å². The maximum Gasteiger partial charge on any atom is 0.320 e. The van der Waals surface area contributed by atoms with Gasteiger partial charge in [0.15, 0.2) is 0 Å². The van der Waals surface area contributed by atoms with Gasteiger partial charge in [-0.15, -0.1) is 11.8 Å². The van der Waals surface area contributed by atoms with E-state index in [2.05, 4.69) is 0 Å². The van der Waals surface area contributed by atoms with E-state index in [-0.39, 0.29) is 0 Å². The molecule has 1 atom stereocenters. The number of hydrogen-bond donors (Lipinski definition) is 2. The third-order valence-electron chi connectivity index (χ3n) is 2.22. The molecular weight excluding hydrogens is 210 g/mol. The van der Waals surface area contributed by atoms with Gasteiger partial charge < -0.3 is 10.8 Å². The van der Waals surface area contributed by atoms with Crippen molar-refractivity contribution in [3.63, 3.8) is 0 Å². The van der Waals surface area contributed by atoms with E-state index in [0.717, 1.165) is 5.56 Å². The molecule has 1 unspecified atom stereocenters. The second-order valence-electron chi connectivity index (χ2n) is 3.33. The van der Waals surface area contributed by atoms with E-state index < -0.39 is 12.0 Å². The molecule has 0 saturated carbocycles. The summed E-state index contributed by atoms with van der Waals surface area (Å²) in [6.45, 7) is 0. The molecule has 0 aliphatic carbocycles. The molecule has 0 radical (unpaired) electrons. The van der Waals surface area contributed by atoms with Gasteiger partial charge in [-0.3, -0.25) is 4.79 Å². The normalized spacial score (nSPS) is 12.4. The van der Waals surface area contributed by atoms with Gasteiger partial charge in [0.05, 0.1) is 0 Å². The summed E-state index contributed by atoms with van der Waals surface area (Å²) in [5.74, 6) is -0.935. The summed E-state index contributed by atoms with van der Waals surface area (Å²) >= 11 is 1.69. The molecule has 4 heteroatoms. The largest absolute Gasteiger partial charge is 0.480 e. The van der Waals surface area contributed by atoms with Crippen LogP contribution in [0.3, 0.4) is 0 Å². The fourth-order valence-electron chi connectivity index (χ4n) is 1.24. The molecule has 0 saturated heterocycles.